The van der Waals surface area contributed by atoms with E-state index in [-0.39, 0.29) is 16.2 Å². The molecule has 2 nitrogen and oxygen atoms in total. The molecule has 0 saturated carbocycles. The average Bonchev–Trinajstić information content (AvgIpc) is 1.53. The topological polar surface area (TPSA) is 6.48 Å². The Morgan fingerprint density at radius 1 is 0.139 bits per heavy atom. The van der Waals surface area contributed by atoms with Crippen LogP contribution in [-0.2, 0) is 32.5 Å². The summed E-state index contributed by atoms with van der Waals surface area (Å²) in [6, 6.07) is 162. The number of nitrogens with zero attached hydrogens (tertiary/aromatic N) is 2. The highest BCUT2D eigenvalue weighted by Crippen LogP contribution is 2.64. The Morgan fingerprint density at radius 3 is 0.738 bits per heavy atom. The van der Waals surface area contributed by atoms with Crippen molar-refractivity contribution >= 4 is 34.1 Å². The van der Waals surface area contributed by atoms with Gasteiger partial charge < -0.3 is 9.80 Å². The molecule has 24 rings (SSSR count). The van der Waals surface area contributed by atoms with Crippen LogP contribution in [0.1, 0.15) is 142 Å². The highest BCUT2D eigenvalue weighted by Gasteiger charge is 2.51. The first-order valence-electron chi connectivity index (χ1n) is 43.3. The van der Waals surface area contributed by atoms with Crippen molar-refractivity contribution < 1.29 is 0 Å². The van der Waals surface area contributed by atoms with Gasteiger partial charge in [-0.25, -0.2) is 0 Å². The maximum absolute atomic E-state index is 2.55. The third-order valence-corrected chi connectivity index (χ3v) is 29.1. The van der Waals surface area contributed by atoms with Crippen LogP contribution in [0.25, 0.3) is 77.9 Å². The first-order chi connectivity index (χ1) is 59.8. The van der Waals surface area contributed by atoms with E-state index >= 15 is 0 Å². The van der Waals surface area contributed by atoms with Crippen LogP contribution < -0.4 is 9.80 Å². The fourth-order valence-electron chi connectivity index (χ4n) is 23.6. The number of anilines is 6. The molecular weight excluding hydrogens is 1470 g/mol. The van der Waals surface area contributed by atoms with Crippen molar-refractivity contribution in [3.8, 4) is 77.9 Å². The van der Waals surface area contributed by atoms with Crippen LogP contribution in [0.3, 0.4) is 0 Å². The van der Waals surface area contributed by atoms with Gasteiger partial charge in [0.05, 0.1) is 16.2 Å². The molecule has 2 heteroatoms. The van der Waals surface area contributed by atoms with Crippen molar-refractivity contribution in [3.05, 3.63) is 525 Å². The predicted octanol–water partition coefficient (Wildman–Crippen LogP) is 30.3. The van der Waals surface area contributed by atoms with E-state index in [1.54, 1.807) is 0 Å². The number of benzene rings is 18. The van der Waals surface area contributed by atoms with Crippen molar-refractivity contribution in [1.29, 1.82) is 0 Å². The molecule has 0 spiro atoms. The largest absolute Gasteiger partial charge is 0.310 e. The molecule has 578 valence electrons. The standard InChI is InChI=1S/C120H88N2/c1-115(2)104-51-28-23-46-92(104)99-71-85(58-65-106(99)115)121(86-59-66-110-100(72-86)93-47-24-29-52-107(93)118(110,79-34-12-7-13-35-79)80-36-14-8-15-37-80)90-57-63-97-98-70-78(55-64-105(98)117(5,6)114(97)76-90)77-33-32-44-84(69-77)120(83-42-20-11-21-43-83)109-54-31-26-49-95(109)102-74-88(61-68-112(102)120)122(89-56-62-96-91-45-22-27-50-103(91)116(3,4)113(96)75-89)87-60-67-111-101(73-87)94-48-25-30-53-108(94)119(111,81-38-16-9-17-39-81)82-40-18-10-19-41-82/h7-76H,1-6H3. The third kappa shape index (κ3) is 9.89. The maximum atomic E-state index is 2.55. The van der Waals surface area contributed by atoms with Crippen LogP contribution in [0, 0.1) is 0 Å². The Kier molecular flexibility index (Phi) is 15.6. The van der Waals surface area contributed by atoms with Crippen LogP contribution >= 0.6 is 0 Å². The smallest absolute Gasteiger partial charge is 0.0713 e. The molecule has 122 heavy (non-hydrogen) atoms. The fourth-order valence-corrected chi connectivity index (χ4v) is 23.6. The van der Waals surface area contributed by atoms with Crippen molar-refractivity contribution in [2.24, 2.45) is 0 Å². The van der Waals surface area contributed by atoms with Crippen molar-refractivity contribution in [1.82, 2.24) is 0 Å². The summed E-state index contributed by atoms with van der Waals surface area (Å²) in [5.74, 6) is 0. The zero-order valence-electron chi connectivity index (χ0n) is 69.3. The van der Waals surface area contributed by atoms with Gasteiger partial charge in [-0.05, 0) is 263 Å². The van der Waals surface area contributed by atoms with Gasteiger partial charge in [-0.2, -0.15) is 0 Å². The van der Waals surface area contributed by atoms with Crippen molar-refractivity contribution in [2.75, 3.05) is 9.80 Å². The van der Waals surface area contributed by atoms with Crippen LogP contribution in [0.4, 0.5) is 34.1 Å². The molecule has 0 heterocycles. The molecule has 18 aromatic rings. The minimum atomic E-state index is -0.688. The molecule has 0 aromatic heterocycles. The summed E-state index contributed by atoms with van der Waals surface area (Å²) in [6.07, 6.45) is 0. The Balaban J connectivity index is 0.642. The second kappa shape index (κ2) is 26.5. The van der Waals surface area contributed by atoms with E-state index in [1.165, 1.54) is 178 Å². The summed E-state index contributed by atoms with van der Waals surface area (Å²) in [7, 11) is 0. The van der Waals surface area contributed by atoms with Gasteiger partial charge in [-0.1, -0.05) is 381 Å². The zero-order valence-corrected chi connectivity index (χ0v) is 69.3. The minimum absolute atomic E-state index is 0.140. The Bertz CT molecular complexity index is 7270. The molecule has 0 bridgehead atoms. The second-order valence-electron chi connectivity index (χ2n) is 36.1. The Morgan fingerprint density at radius 2 is 0.361 bits per heavy atom. The van der Waals surface area contributed by atoms with Gasteiger partial charge in [0.1, 0.15) is 0 Å². The lowest BCUT2D eigenvalue weighted by Gasteiger charge is -2.35. The van der Waals surface area contributed by atoms with Gasteiger partial charge in [0, 0.05) is 50.4 Å². The van der Waals surface area contributed by atoms with E-state index in [9.17, 15) is 0 Å². The van der Waals surface area contributed by atoms with Crippen LogP contribution in [0.5, 0.6) is 0 Å². The summed E-state index contributed by atoms with van der Waals surface area (Å²) in [4.78, 5) is 5.09. The van der Waals surface area contributed by atoms with Gasteiger partial charge >= 0.3 is 0 Å². The van der Waals surface area contributed by atoms with E-state index in [1.807, 2.05) is 0 Å². The highest BCUT2D eigenvalue weighted by molar-refractivity contribution is 5.98. The molecule has 1 atom stereocenters. The van der Waals surface area contributed by atoms with Gasteiger partial charge in [0.25, 0.3) is 0 Å². The van der Waals surface area contributed by atoms with E-state index in [4.69, 9.17) is 0 Å². The summed E-state index contributed by atoms with van der Waals surface area (Å²) < 4.78 is 0. The number of hydrogen-bond donors (Lipinski definition) is 0. The summed E-state index contributed by atoms with van der Waals surface area (Å²) in [5, 5.41) is 0. The molecule has 0 radical (unpaired) electrons. The second-order valence-corrected chi connectivity index (χ2v) is 36.1. The molecule has 6 aliphatic carbocycles. The molecular formula is C120H88N2. The van der Waals surface area contributed by atoms with Gasteiger partial charge in [0.2, 0.25) is 0 Å². The lowest BCUT2D eigenvalue weighted by Crippen LogP contribution is -2.28. The van der Waals surface area contributed by atoms with Crippen LogP contribution in [0.2, 0.25) is 0 Å². The normalized spacial score (nSPS) is 16.1. The van der Waals surface area contributed by atoms with E-state index in [0.717, 1.165) is 34.1 Å². The summed E-state index contributed by atoms with van der Waals surface area (Å²) in [5.41, 5.74) is 45.0. The van der Waals surface area contributed by atoms with Crippen molar-refractivity contribution in [2.45, 2.75) is 74.0 Å². The van der Waals surface area contributed by atoms with Gasteiger partial charge in [-0.3, -0.25) is 0 Å². The molecule has 0 saturated heterocycles. The summed E-state index contributed by atoms with van der Waals surface area (Å²) in [6.45, 7) is 14.4. The highest BCUT2D eigenvalue weighted by atomic mass is 15.1. The minimum Gasteiger partial charge on any atom is -0.310 e. The molecule has 0 amide bonds. The first kappa shape index (κ1) is 71.7. The first-order valence-corrected chi connectivity index (χ1v) is 43.3. The predicted molar refractivity (Wildman–Crippen MR) is 506 cm³/mol. The number of hydrogen-bond acceptors (Lipinski definition) is 2. The SMILES string of the molecule is CC1(C)c2ccccc2-c2cc(N(c3ccc4c(c3)-c3ccccc3C4(c3ccccc3)c3ccccc3)c3ccc4c(c3)C(C)(C)c3ccc(-c5cccc(C6(c7ccccc7)c7ccccc7-c7cc(N(c8ccc9c(c8)-c8ccccc8C9(c8ccccc8)c8ccccc8)c8ccc9c(c8)C(C)(C)c8ccccc8-9)ccc76)c5)cc3-4)ccc21. The quantitative estimate of drug-likeness (QED) is 0.114. The number of fused-ring (bicyclic) bond motifs is 18. The van der Waals surface area contributed by atoms with E-state index in [2.05, 4.69) is 476 Å². The van der Waals surface area contributed by atoms with Crippen LogP contribution in [-0.4, -0.2) is 0 Å². The molecule has 0 fully saturated rings. The third-order valence-electron chi connectivity index (χ3n) is 29.1. The van der Waals surface area contributed by atoms with Gasteiger partial charge in [-0.15, -0.1) is 0 Å². The lowest BCUT2D eigenvalue weighted by atomic mass is 9.67. The van der Waals surface area contributed by atoms with E-state index < -0.39 is 16.2 Å². The monoisotopic (exact) mass is 1560 g/mol. The molecule has 0 aliphatic heterocycles. The Hall–Kier alpha value is -14.4. The molecule has 6 aliphatic rings. The van der Waals surface area contributed by atoms with Gasteiger partial charge in [0.15, 0.2) is 0 Å². The average molecular weight is 1560 g/mol. The van der Waals surface area contributed by atoms with E-state index in [0.29, 0.717) is 0 Å². The Labute approximate surface area is 715 Å². The fraction of sp³-hybridized carbons (Fsp3) is 0.100. The molecule has 0 N–H and O–H groups in total. The zero-order chi connectivity index (χ0) is 81.6. The molecule has 1 unspecified atom stereocenters. The summed E-state index contributed by atoms with van der Waals surface area (Å²) >= 11 is 0. The lowest BCUT2D eigenvalue weighted by molar-refractivity contribution is 0.660. The molecule has 18 aromatic carbocycles. The van der Waals surface area contributed by atoms with Crippen molar-refractivity contribution in [3.63, 3.8) is 0 Å². The van der Waals surface area contributed by atoms with Crippen LogP contribution in [0.15, 0.2) is 425 Å². The number of rotatable bonds is 13. The maximum Gasteiger partial charge on any atom is 0.0713 e.